The van der Waals surface area contributed by atoms with Gasteiger partial charge in [0, 0.05) is 109 Å². The number of likely N-dealkylation sites (N-methyl/N-ethyl adjacent to an activating group) is 1. The summed E-state index contributed by atoms with van der Waals surface area (Å²) in [6.45, 7) is 13.6. The van der Waals surface area contributed by atoms with Crippen LogP contribution in [0.2, 0.25) is 0 Å². The second-order valence-electron chi connectivity index (χ2n) is 15.3. The van der Waals surface area contributed by atoms with Crippen molar-refractivity contribution in [2.24, 2.45) is 0 Å². The van der Waals surface area contributed by atoms with Gasteiger partial charge in [-0.2, -0.15) is 5.10 Å². The number of ether oxygens (including phenoxy) is 2. The van der Waals surface area contributed by atoms with Gasteiger partial charge in [-0.05, 0) is 57.4 Å². The average molecular weight is 714 g/mol. The number of halogens is 1. The summed E-state index contributed by atoms with van der Waals surface area (Å²) in [6, 6.07) is 7.67. The Labute approximate surface area is 303 Å². The minimum atomic E-state index is -0.534. The standard InChI is InChI=1S/C38H48FN9O4/c1-25(49)45-10-7-31-29(24-45)36(41-48(31)27-8-18-51-19-9-27)46-17-12-42(5)32-21-28(30(39)22-33(32)46)26-6-11-47-34(20-26)40-23-35(47)43-13-15-44(16-14-43)37(50)52-38(2,3)4/h6,11,20-23,27H,7-10,12-19,24H2,1-5H3. The van der Waals surface area contributed by atoms with Crippen LogP contribution in [0, 0.1) is 5.82 Å². The first kappa shape index (κ1) is 34.2. The van der Waals surface area contributed by atoms with E-state index in [-0.39, 0.29) is 23.9 Å². The molecule has 0 bridgehead atoms. The molecule has 4 aliphatic rings. The topological polar surface area (TPSA) is 104 Å². The first-order valence-corrected chi connectivity index (χ1v) is 18.4. The smallest absolute Gasteiger partial charge is 0.410 e. The number of amides is 2. The lowest BCUT2D eigenvalue weighted by Crippen LogP contribution is -2.50. The molecule has 1 aromatic carbocycles. The Morgan fingerprint density at radius 2 is 1.73 bits per heavy atom. The van der Waals surface area contributed by atoms with Crippen molar-refractivity contribution in [1.29, 1.82) is 0 Å². The molecule has 276 valence electrons. The van der Waals surface area contributed by atoms with Crippen molar-refractivity contribution in [2.45, 2.75) is 65.1 Å². The molecule has 13 nitrogen and oxygen atoms in total. The summed E-state index contributed by atoms with van der Waals surface area (Å²) >= 11 is 0. The number of carbonyl (C=O) groups is 2. The van der Waals surface area contributed by atoms with Gasteiger partial charge in [-0.1, -0.05) is 0 Å². The van der Waals surface area contributed by atoms with E-state index in [9.17, 15) is 9.59 Å². The van der Waals surface area contributed by atoms with E-state index in [0.717, 1.165) is 65.6 Å². The summed E-state index contributed by atoms with van der Waals surface area (Å²) < 4.78 is 31.8. The van der Waals surface area contributed by atoms with Crippen molar-refractivity contribution in [3.63, 3.8) is 0 Å². The molecule has 2 amide bonds. The van der Waals surface area contributed by atoms with Crippen molar-refractivity contribution < 1.29 is 23.5 Å². The van der Waals surface area contributed by atoms with Crippen molar-refractivity contribution in [1.82, 2.24) is 29.0 Å². The molecular formula is C38H48FN9O4. The SMILES string of the molecule is CC(=O)N1CCc2c(c(N3CCN(C)c4cc(-c5ccn6c(N7CCN(C(=O)OC(C)(C)C)CC7)cnc6c5)c(F)cc43)nn2C2CCOCC2)C1. The van der Waals surface area contributed by atoms with Crippen LogP contribution in [0.3, 0.4) is 0 Å². The van der Waals surface area contributed by atoms with Gasteiger partial charge in [0.1, 0.15) is 22.9 Å². The Kier molecular flexibility index (Phi) is 8.75. The number of piperazine rings is 1. The zero-order valence-electron chi connectivity index (χ0n) is 30.8. The average Bonchev–Trinajstić information content (AvgIpc) is 3.73. The van der Waals surface area contributed by atoms with Crippen LogP contribution >= 0.6 is 0 Å². The number of carbonyl (C=O) groups excluding carboxylic acids is 2. The minimum Gasteiger partial charge on any atom is -0.444 e. The maximum atomic E-state index is 16.4. The summed E-state index contributed by atoms with van der Waals surface area (Å²) in [5.74, 6) is 1.47. The molecule has 8 rings (SSSR count). The zero-order valence-corrected chi connectivity index (χ0v) is 30.8. The number of anilines is 4. The van der Waals surface area contributed by atoms with Gasteiger partial charge < -0.3 is 34.0 Å². The van der Waals surface area contributed by atoms with Gasteiger partial charge >= 0.3 is 6.09 Å². The van der Waals surface area contributed by atoms with Crippen molar-refractivity contribution in [3.8, 4) is 11.1 Å². The Bertz CT molecular complexity index is 2000. The Hall–Kier alpha value is -4.85. The highest BCUT2D eigenvalue weighted by molar-refractivity contribution is 5.85. The number of hydrogen-bond donors (Lipinski definition) is 0. The van der Waals surface area contributed by atoms with Gasteiger partial charge in [0.15, 0.2) is 5.82 Å². The summed E-state index contributed by atoms with van der Waals surface area (Å²) in [5, 5.41) is 5.24. The van der Waals surface area contributed by atoms with Crippen molar-refractivity contribution in [2.75, 3.05) is 80.8 Å². The number of nitrogens with zero attached hydrogens (tertiary/aromatic N) is 9. The van der Waals surface area contributed by atoms with Gasteiger partial charge in [-0.25, -0.2) is 14.2 Å². The van der Waals surface area contributed by atoms with Gasteiger partial charge in [-0.15, -0.1) is 0 Å². The van der Waals surface area contributed by atoms with Gasteiger partial charge in [0.2, 0.25) is 5.91 Å². The van der Waals surface area contributed by atoms with Crippen LogP contribution in [0.1, 0.15) is 57.8 Å². The molecule has 0 aliphatic carbocycles. The van der Waals surface area contributed by atoms with Crippen LogP contribution in [0.15, 0.2) is 36.7 Å². The largest absolute Gasteiger partial charge is 0.444 e. The third-order valence-corrected chi connectivity index (χ3v) is 10.8. The van der Waals surface area contributed by atoms with E-state index in [1.54, 1.807) is 17.9 Å². The van der Waals surface area contributed by atoms with Crippen LogP contribution < -0.4 is 14.7 Å². The fourth-order valence-corrected chi connectivity index (χ4v) is 7.96. The number of aromatic nitrogens is 4. The molecule has 2 saturated heterocycles. The second kappa shape index (κ2) is 13.3. The maximum Gasteiger partial charge on any atom is 0.410 e. The van der Waals surface area contributed by atoms with Crippen LogP contribution in [0.5, 0.6) is 0 Å². The van der Waals surface area contributed by atoms with Gasteiger partial charge in [0.05, 0.1) is 30.2 Å². The highest BCUT2D eigenvalue weighted by Crippen LogP contribution is 2.44. The van der Waals surface area contributed by atoms with E-state index >= 15 is 4.39 Å². The number of fused-ring (bicyclic) bond motifs is 3. The molecule has 3 aromatic heterocycles. The Balaban J connectivity index is 1.08. The number of pyridine rings is 1. The summed E-state index contributed by atoms with van der Waals surface area (Å²) in [7, 11) is 2.04. The number of rotatable bonds is 4. The quantitative estimate of drug-likeness (QED) is 0.281. The van der Waals surface area contributed by atoms with E-state index in [0.29, 0.717) is 64.6 Å². The van der Waals surface area contributed by atoms with Crippen LogP contribution in [-0.4, -0.2) is 113 Å². The number of hydrogen-bond acceptors (Lipinski definition) is 9. The molecule has 0 atom stereocenters. The Morgan fingerprint density at radius 3 is 2.46 bits per heavy atom. The monoisotopic (exact) mass is 713 g/mol. The fourth-order valence-electron chi connectivity index (χ4n) is 7.96. The highest BCUT2D eigenvalue weighted by atomic mass is 19.1. The molecule has 4 aromatic rings. The van der Waals surface area contributed by atoms with Crippen molar-refractivity contribution in [3.05, 3.63) is 53.7 Å². The molecule has 52 heavy (non-hydrogen) atoms. The zero-order chi connectivity index (χ0) is 36.3. The molecule has 0 saturated carbocycles. The highest BCUT2D eigenvalue weighted by Gasteiger charge is 2.35. The van der Waals surface area contributed by atoms with E-state index in [2.05, 4.69) is 19.4 Å². The lowest BCUT2D eigenvalue weighted by atomic mass is 10.0. The molecular weight excluding hydrogens is 665 g/mol. The van der Waals surface area contributed by atoms with Crippen molar-refractivity contribution >= 4 is 40.7 Å². The first-order chi connectivity index (χ1) is 24.9. The third-order valence-electron chi connectivity index (χ3n) is 10.8. The predicted molar refractivity (Wildman–Crippen MR) is 197 cm³/mol. The first-order valence-electron chi connectivity index (χ1n) is 18.4. The van der Waals surface area contributed by atoms with Crippen LogP contribution in [0.4, 0.5) is 32.2 Å². The summed E-state index contributed by atoms with van der Waals surface area (Å²) in [4.78, 5) is 39.9. The summed E-state index contributed by atoms with van der Waals surface area (Å²) in [6.07, 6.45) is 6.03. The predicted octanol–water partition coefficient (Wildman–Crippen LogP) is 5.24. The maximum absolute atomic E-state index is 16.4. The van der Waals surface area contributed by atoms with E-state index in [1.807, 2.05) is 67.7 Å². The van der Waals surface area contributed by atoms with Gasteiger partial charge in [-0.3, -0.25) is 13.9 Å². The number of benzene rings is 1. The lowest BCUT2D eigenvalue weighted by molar-refractivity contribution is -0.129. The molecule has 7 heterocycles. The lowest BCUT2D eigenvalue weighted by Gasteiger charge is -2.37. The van der Waals surface area contributed by atoms with Gasteiger partial charge in [0.25, 0.3) is 0 Å². The molecule has 2 fully saturated rings. The fraction of sp³-hybridized carbons (Fsp3) is 0.526. The molecule has 0 spiro atoms. The summed E-state index contributed by atoms with van der Waals surface area (Å²) in [5.41, 5.74) is 5.34. The third kappa shape index (κ3) is 6.30. The second-order valence-corrected chi connectivity index (χ2v) is 15.3. The van der Waals surface area contributed by atoms with E-state index in [4.69, 9.17) is 19.6 Å². The Morgan fingerprint density at radius 1 is 0.962 bits per heavy atom. The molecule has 0 radical (unpaired) electrons. The van der Waals surface area contributed by atoms with E-state index < -0.39 is 5.60 Å². The van der Waals surface area contributed by atoms with Crippen LogP contribution in [0.25, 0.3) is 16.8 Å². The molecule has 0 N–H and O–H groups in total. The van der Waals surface area contributed by atoms with E-state index in [1.165, 1.54) is 5.69 Å². The molecule has 14 heteroatoms. The molecule has 4 aliphatic heterocycles. The van der Waals surface area contributed by atoms with Crippen LogP contribution in [-0.2, 0) is 27.2 Å². The minimum absolute atomic E-state index is 0.0483. The molecule has 0 unspecified atom stereocenters. The normalized spacial score (nSPS) is 18.5. The number of imidazole rings is 1.